The Labute approximate surface area is 56.8 Å². The maximum absolute atomic E-state index is 10.2. The first-order chi connectivity index (χ1) is 4.55. The van der Waals surface area contributed by atoms with Gasteiger partial charge in [-0.3, -0.25) is 9.59 Å². The molecule has 0 spiro atoms. The zero-order valence-electron chi connectivity index (χ0n) is 5.07. The summed E-state index contributed by atoms with van der Waals surface area (Å²) in [7, 11) is 0. The van der Waals surface area contributed by atoms with Crippen molar-refractivity contribution >= 4 is 11.9 Å². The largest absolute Gasteiger partial charge is 0.481 e. The third-order valence-corrected chi connectivity index (χ3v) is 1.56. The molecule has 0 radical (unpaired) electrons. The van der Waals surface area contributed by atoms with Crippen LogP contribution in [0.5, 0.6) is 0 Å². The predicted octanol–water partition coefficient (Wildman–Crippen LogP) is -0.0422. The van der Waals surface area contributed by atoms with Crippen LogP contribution in [0.25, 0.3) is 0 Å². The number of rotatable bonds is 2. The molecule has 1 unspecified atom stereocenters. The van der Waals surface area contributed by atoms with Crippen molar-refractivity contribution in [1.29, 1.82) is 0 Å². The summed E-state index contributed by atoms with van der Waals surface area (Å²) in [5, 5.41) is 16.6. The molecule has 0 aromatic carbocycles. The highest BCUT2D eigenvalue weighted by Crippen LogP contribution is 2.44. The van der Waals surface area contributed by atoms with E-state index in [-0.39, 0.29) is 0 Å². The fourth-order valence-corrected chi connectivity index (χ4v) is 0.917. The summed E-state index contributed by atoms with van der Waals surface area (Å²) in [6.07, 6.45) is 0. The van der Waals surface area contributed by atoms with E-state index in [2.05, 4.69) is 6.58 Å². The Morgan fingerprint density at radius 1 is 1.20 bits per heavy atom. The van der Waals surface area contributed by atoms with Crippen molar-refractivity contribution in [2.75, 3.05) is 0 Å². The molecule has 4 heteroatoms. The zero-order valence-corrected chi connectivity index (χ0v) is 5.07. The van der Waals surface area contributed by atoms with Crippen molar-refractivity contribution in [2.24, 2.45) is 11.8 Å². The SMILES string of the molecule is C=C1C(C(=O)O)[C@@H]1C(=O)O. The number of carbonyl (C=O) groups is 2. The summed E-state index contributed by atoms with van der Waals surface area (Å²) >= 11 is 0. The van der Waals surface area contributed by atoms with E-state index in [4.69, 9.17) is 10.2 Å². The van der Waals surface area contributed by atoms with Crippen LogP contribution < -0.4 is 0 Å². The molecule has 0 aromatic rings. The molecule has 1 aliphatic carbocycles. The van der Waals surface area contributed by atoms with Crippen molar-refractivity contribution < 1.29 is 19.8 Å². The lowest BCUT2D eigenvalue weighted by Gasteiger charge is -1.83. The Hall–Kier alpha value is -1.32. The van der Waals surface area contributed by atoms with Gasteiger partial charge in [-0.1, -0.05) is 6.58 Å². The Morgan fingerprint density at radius 3 is 1.60 bits per heavy atom. The molecule has 2 atom stereocenters. The van der Waals surface area contributed by atoms with Crippen molar-refractivity contribution in [2.45, 2.75) is 0 Å². The Bertz CT molecular complexity index is 196. The van der Waals surface area contributed by atoms with Crippen molar-refractivity contribution in [3.05, 3.63) is 12.2 Å². The predicted molar refractivity (Wildman–Crippen MR) is 31.4 cm³/mol. The first-order valence-corrected chi connectivity index (χ1v) is 2.70. The summed E-state index contributed by atoms with van der Waals surface area (Å²) in [5.74, 6) is -3.90. The van der Waals surface area contributed by atoms with E-state index in [1.54, 1.807) is 0 Å². The minimum Gasteiger partial charge on any atom is -0.481 e. The van der Waals surface area contributed by atoms with Gasteiger partial charge >= 0.3 is 11.9 Å². The summed E-state index contributed by atoms with van der Waals surface area (Å²) < 4.78 is 0. The van der Waals surface area contributed by atoms with Gasteiger partial charge in [-0.25, -0.2) is 0 Å². The molecule has 10 heavy (non-hydrogen) atoms. The van der Waals surface area contributed by atoms with Gasteiger partial charge in [0.2, 0.25) is 0 Å². The molecule has 1 fully saturated rings. The second-order valence-corrected chi connectivity index (χ2v) is 2.21. The molecule has 1 saturated carbocycles. The minimum atomic E-state index is -1.10. The number of hydrogen-bond donors (Lipinski definition) is 2. The summed E-state index contributed by atoms with van der Waals surface area (Å²) in [5.41, 5.74) is 0.292. The lowest BCUT2D eigenvalue weighted by Crippen LogP contribution is -2.05. The first kappa shape index (κ1) is 6.80. The molecule has 2 N–H and O–H groups in total. The summed E-state index contributed by atoms with van der Waals surface area (Å²) in [6, 6.07) is 0. The molecular weight excluding hydrogens is 136 g/mol. The molecule has 1 aliphatic rings. The smallest absolute Gasteiger partial charge is 0.311 e. The third-order valence-electron chi connectivity index (χ3n) is 1.56. The van der Waals surface area contributed by atoms with Crippen molar-refractivity contribution in [1.82, 2.24) is 0 Å². The lowest BCUT2D eigenvalue weighted by atomic mass is 10.3. The fourth-order valence-electron chi connectivity index (χ4n) is 0.917. The quantitative estimate of drug-likeness (QED) is 0.530. The minimum absolute atomic E-state index is 0.292. The van der Waals surface area contributed by atoms with Gasteiger partial charge in [-0.05, 0) is 5.57 Å². The van der Waals surface area contributed by atoms with Gasteiger partial charge < -0.3 is 10.2 Å². The highest BCUT2D eigenvalue weighted by Gasteiger charge is 2.53. The Balaban J connectivity index is 2.66. The molecular formula is C6H6O4. The molecule has 0 amide bonds. The second-order valence-electron chi connectivity index (χ2n) is 2.21. The molecule has 0 aliphatic heterocycles. The van der Waals surface area contributed by atoms with Gasteiger partial charge in [0.1, 0.15) is 0 Å². The van der Waals surface area contributed by atoms with Gasteiger partial charge in [0.25, 0.3) is 0 Å². The van der Waals surface area contributed by atoms with Crippen LogP contribution >= 0.6 is 0 Å². The van der Waals surface area contributed by atoms with E-state index in [1.807, 2.05) is 0 Å². The van der Waals surface area contributed by atoms with Crippen LogP contribution in [0.15, 0.2) is 12.2 Å². The van der Waals surface area contributed by atoms with Crippen LogP contribution in [0.4, 0.5) is 0 Å². The summed E-state index contributed by atoms with van der Waals surface area (Å²) in [6.45, 7) is 3.31. The van der Waals surface area contributed by atoms with E-state index < -0.39 is 23.8 Å². The average Bonchev–Trinajstić information content (AvgIpc) is 2.40. The topological polar surface area (TPSA) is 74.6 Å². The molecule has 0 heterocycles. The Kier molecular flexibility index (Phi) is 1.24. The molecule has 0 saturated heterocycles. The van der Waals surface area contributed by atoms with E-state index in [0.717, 1.165) is 0 Å². The first-order valence-electron chi connectivity index (χ1n) is 2.70. The molecule has 0 bridgehead atoms. The number of aliphatic carboxylic acids is 2. The van der Waals surface area contributed by atoms with Gasteiger partial charge in [0.05, 0.1) is 11.8 Å². The highest BCUT2D eigenvalue weighted by atomic mass is 16.4. The van der Waals surface area contributed by atoms with E-state index >= 15 is 0 Å². The van der Waals surface area contributed by atoms with Crippen LogP contribution in [-0.2, 0) is 9.59 Å². The van der Waals surface area contributed by atoms with Crippen molar-refractivity contribution in [3.63, 3.8) is 0 Å². The van der Waals surface area contributed by atoms with E-state index in [1.165, 1.54) is 0 Å². The highest BCUT2D eigenvalue weighted by molar-refractivity contribution is 5.92. The molecule has 0 aromatic heterocycles. The van der Waals surface area contributed by atoms with Crippen LogP contribution in [0.1, 0.15) is 0 Å². The zero-order chi connectivity index (χ0) is 7.89. The molecule has 4 nitrogen and oxygen atoms in total. The van der Waals surface area contributed by atoms with Crippen LogP contribution in [0.3, 0.4) is 0 Å². The number of hydrogen-bond acceptors (Lipinski definition) is 2. The number of carboxylic acids is 2. The van der Waals surface area contributed by atoms with Gasteiger partial charge in [-0.2, -0.15) is 0 Å². The maximum Gasteiger partial charge on any atom is 0.311 e. The normalized spacial score (nSPS) is 29.8. The maximum atomic E-state index is 10.2. The molecule has 54 valence electrons. The van der Waals surface area contributed by atoms with Gasteiger partial charge in [0.15, 0.2) is 0 Å². The summed E-state index contributed by atoms with van der Waals surface area (Å²) in [4.78, 5) is 20.3. The van der Waals surface area contributed by atoms with Gasteiger partial charge in [0, 0.05) is 0 Å². The van der Waals surface area contributed by atoms with Crippen LogP contribution in [0.2, 0.25) is 0 Å². The second kappa shape index (κ2) is 1.83. The monoisotopic (exact) mass is 142 g/mol. The van der Waals surface area contributed by atoms with E-state index in [0.29, 0.717) is 5.57 Å². The van der Waals surface area contributed by atoms with E-state index in [9.17, 15) is 9.59 Å². The Morgan fingerprint density at radius 2 is 1.50 bits per heavy atom. The fraction of sp³-hybridized carbons (Fsp3) is 0.333. The third kappa shape index (κ3) is 0.775. The van der Waals surface area contributed by atoms with Crippen LogP contribution in [-0.4, -0.2) is 22.2 Å². The van der Waals surface area contributed by atoms with Crippen LogP contribution in [0, 0.1) is 11.8 Å². The van der Waals surface area contributed by atoms with Crippen molar-refractivity contribution in [3.8, 4) is 0 Å². The average molecular weight is 142 g/mol. The number of carboxylic acid groups (broad SMARTS) is 2. The lowest BCUT2D eigenvalue weighted by molar-refractivity contribution is -0.144. The molecule has 1 rings (SSSR count). The standard InChI is InChI=1S/C6H6O4/c1-2-3(5(7)8)4(2)6(9)10/h3-4H,1H2,(H,7,8)(H,9,10)/t3-,4?/m1/s1. The van der Waals surface area contributed by atoms with Gasteiger partial charge in [-0.15, -0.1) is 0 Å².